The summed E-state index contributed by atoms with van der Waals surface area (Å²) < 4.78 is 4.89. The Morgan fingerprint density at radius 2 is 0.923 bits per heavy atom. The van der Waals surface area contributed by atoms with E-state index < -0.39 is 7.21 Å². The molecule has 6 aromatic carbocycles. The van der Waals surface area contributed by atoms with Crippen LogP contribution in [0.1, 0.15) is 20.7 Å². The van der Waals surface area contributed by atoms with E-state index in [9.17, 15) is 9.59 Å². The number of rotatable bonds is 5. The molecule has 0 aliphatic rings. The van der Waals surface area contributed by atoms with Crippen LogP contribution in [0.4, 0.5) is 0 Å². The van der Waals surface area contributed by atoms with Crippen molar-refractivity contribution in [3.8, 4) is 0 Å². The van der Waals surface area contributed by atoms with Crippen molar-refractivity contribution < 1.29 is 9.59 Å². The highest BCUT2D eigenvalue weighted by Crippen LogP contribution is 2.44. The van der Waals surface area contributed by atoms with Gasteiger partial charge in [-0.2, -0.15) is 4.74 Å². The Hall–Kier alpha value is -4.79. The van der Waals surface area contributed by atoms with E-state index >= 15 is 0 Å². The molecule has 0 spiro atoms. The Balaban J connectivity index is 1.53. The van der Waals surface area contributed by atoms with E-state index in [-0.39, 0.29) is 11.8 Å². The van der Waals surface area contributed by atoms with Crippen LogP contribution in [-0.2, 0) is 0 Å². The second-order valence-electron chi connectivity index (χ2n) is 9.28. The lowest BCUT2D eigenvalue weighted by Gasteiger charge is -2.27. The molecular formula is C34H25N2O2P. The zero-order valence-electron chi connectivity index (χ0n) is 21.1. The molecule has 0 unspecified atom stereocenters. The fraction of sp³-hybridized carbons (Fsp3) is 0. The molecule has 0 heterocycles. The maximum atomic E-state index is 13.9. The van der Waals surface area contributed by atoms with Gasteiger partial charge in [0.2, 0.25) is 0 Å². The summed E-state index contributed by atoms with van der Waals surface area (Å²) in [5.74, 6) is -0.655. The minimum atomic E-state index is -3.09. The molecule has 5 heteroatoms. The second-order valence-corrected chi connectivity index (χ2v) is 12.0. The molecule has 6 aromatic rings. The number of nitrogens with one attached hydrogen (secondary N) is 1. The van der Waals surface area contributed by atoms with Crippen molar-refractivity contribution in [2.75, 3.05) is 0 Å². The first-order valence-electron chi connectivity index (χ1n) is 12.7. The summed E-state index contributed by atoms with van der Waals surface area (Å²) in [6.45, 7) is 0. The van der Waals surface area contributed by atoms with Crippen LogP contribution in [0.15, 0.2) is 150 Å². The minimum Gasteiger partial charge on any atom is -0.311 e. The van der Waals surface area contributed by atoms with Crippen LogP contribution in [-0.4, -0.2) is 11.8 Å². The predicted octanol–water partition coefficient (Wildman–Crippen LogP) is 7.33. The molecule has 1 N–H and O–H groups in total. The zero-order valence-corrected chi connectivity index (χ0v) is 22.0. The van der Waals surface area contributed by atoms with Crippen LogP contribution < -0.4 is 15.7 Å². The van der Waals surface area contributed by atoms with Gasteiger partial charge in [-0.05, 0) is 45.8 Å². The standard InChI is InChI=1S/C34H25N2O2P/c37-33(29-21-19-25-11-7-9-13-27(25)23-29)35-39(31-15-3-1-4-16-31,32-17-5-2-6-18-32)36-34(38)30-22-20-26-12-8-10-14-28(26)24-30/h1-24H,(H,35,37). The van der Waals surface area contributed by atoms with Crippen molar-refractivity contribution in [3.05, 3.63) is 157 Å². The highest BCUT2D eigenvalue weighted by molar-refractivity contribution is 7.80. The van der Waals surface area contributed by atoms with Crippen LogP contribution >= 0.6 is 7.21 Å². The van der Waals surface area contributed by atoms with Gasteiger partial charge in [0.25, 0.3) is 11.8 Å². The van der Waals surface area contributed by atoms with E-state index in [1.807, 2.05) is 140 Å². The van der Waals surface area contributed by atoms with E-state index in [4.69, 9.17) is 4.74 Å². The number of benzene rings is 6. The van der Waals surface area contributed by atoms with Crippen LogP contribution in [0, 0.1) is 0 Å². The van der Waals surface area contributed by atoms with Gasteiger partial charge in [-0.15, -0.1) is 0 Å². The molecule has 4 nitrogen and oxygen atoms in total. The average molecular weight is 525 g/mol. The molecular weight excluding hydrogens is 499 g/mol. The molecule has 0 aliphatic heterocycles. The highest BCUT2D eigenvalue weighted by Gasteiger charge is 2.29. The Morgan fingerprint density at radius 1 is 0.487 bits per heavy atom. The van der Waals surface area contributed by atoms with Crippen molar-refractivity contribution in [1.82, 2.24) is 5.09 Å². The molecule has 0 fully saturated rings. The van der Waals surface area contributed by atoms with E-state index in [2.05, 4.69) is 5.09 Å². The van der Waals surface area contributed by atoms with Crippen molar-refractivity contribution >= 4 is 51.2 Å². The van der Waals surface area contributed by atoms with Gasteiger partial charge in [0.1, 0.15) is 7.21 Å². The van der Waals surface area contributed by atoms with Gasteiger partial charge in [0, 0.05) is 21.7 Å². The topological polar surface area (TPSA) is 58.5 Å². The van der Waals surface area contributed by atoms with Crippen LogP contribution in [0.25, 0.3) is 21.5 Å². The van der Waals surface area contributed by atoms with Crippen LogP contribution in [0.5, 0.6) is 0 Å². The maximum Gasteiger partial charge on any atom is 0.277 e. The van der Waals surface area contributed by atoms with E-state index in [0.29, 0.717) is 11.1 Å². The summed E-state index contributed by atoms with van der Waals surface area (Å²) in [6, 6.07) is 46.2. The van der Waals surface area contributed by atoms with Gasteiger partial charge < -0.3 is 5.09 Å². The third-order valence-corrected chi connectivity index (χ3v) is 9.87. The number of amides is 2. The van der Waals surface area contributed by atoms with Crippen molar-refractivity contribution in [3.63, 3.8) is 0 Å². The number of carbonyl (C=O) groups is 2. The first kappa shape index (κ1) is 24.5. The summed E-state index contributed by atoms with van der Waals surface area (Å²) in [7, 11) is -3.09. The van der Waals surface area contributed by atoms with Gasteiger partial charge >= 0.3 is 0 Å². The van der Waals surface area contributed by atoms with Gasteiger partial charge in [-0.25, -0.2) is 0 Å². The van der Waals surface area contributed by atoms with E-state index in [0.717, 1.165) is 32.2 Å². The third kappa shape index (κ3) is 4.90. The molecule has 6 rings (SSSR count). The monoisotopic (exact) mass is 524 g/mol. The summed E-state index contributed by atoms with van der Waals surface area (Å²) in [5.41, 5.74) is 0.989. The van der Waals surface area contributed by atoms with Crippen molar-refractivity contribution in [2.45, 2.75) is 0 Å². The Labute approximate surface area is 227 Å². The lowest BCUT2D eigenvalue weighted by atomic mass is 10.1. The molecule has 0 saturated heterocycles. The van der Waals surface area contributed by atoms with E-state index in [1.54, 1.807) is 6.07 Å². The lowest BCUT2D eigenvalue weighted by Crippen LogP contribution is -2.33. The number of carbonyl (C=O) groups excluding carboxylic acids is 2. The summed E-state index contributed by atoms with van der Waals surface area (Å²) >= 11 is 0. The van der Waals surface area contributed by atoms with E-state index in [1.165, 1.54) is 0 Å². The fourth-order valence-corrected chi connectivity index (χ4v) is 7.62. The number of hydrogen-bond acceptors (Lipinski definition) is 2. The van der Waals surface area contributed by atoms with Gasteiger partial charge in [-0.1, -0.05) is 121 Å². The largest absolute Gasteiger partial charge is 0.311 e. The maximum absolute atomic E-state index is 13.9. The summed E-state index contributed by atoms with van der Waals surface area (Å²) in [4.78, 5) is 27.7. The highest BCUT2D eigenvalue weighted by atomic mass is 31.2. The lowest BCUT2D eigenvalue weighted by molar-refractivity contribution is 0.0982. The van der Waals surface area contributed by atoms with Crippen LogP contribution in [0.3, 0.4) is 0 Å². The van der Waals surface area contributed by atoms with Gasteiger partial charge in [0.05, 0.1) is 0 Å². The zero-order chi connectivity index (χ0) is 26.7. The molecule has 188 valence electrons. The Morgan fingerprint density at radius 3 is 1.46 bits per heavy atom. The first-order chi connectivity index (χ1) is 19.1. The number of nitrogens with zero attached hydrogens (tertiary/aromatic N) is 1. The first-order valence-corrected chi connectivity index (χ1v) is 14.4. The normalized spacial score (nSPS) is 11.3. The third-order valence-electron chi connectivity index (χ3n) is 6.77. The smallest absolute Gasteiger partial charge is 0.277 e. The minimum absolute atomic E-state index is 0.281. The summed E-state index contributed by atoms with van der Waals surface area (Å²) in [5, 5.41) is 8.88. The molecule has 0 aromatic heterocycles. The molecule has 0 bridgehead atoms. The number of fused-ring (bicyclic) bond motifs is 2. The van der Waals surface area contributed by atoms with Crippen molar-refractivity contribution in [1.29, 1.82) is 0 Å². The van der Waals surface area contributed by atoms with Crippen LogP contribution in [0.2, 0.25) is 0 Å². The average Bonchev–Trinajstić information content (AvgIpc) is 3.01. The summed E-state index contributed by atoms with van der Waals surface area (Å²) in [6.07, 6.45) is 0. The van der Waals surface area contributed by atoms with Crippen molar-refractivity contribution in [2.24, 2.45) is 4.74 Å². The Kier molecular flexibility index (Phi) is 6.62. The molecule has 0 saturated carbocycles. The SMILES string of the molecule is O=C(N=P(NC(=O)c1ccc2ccccc2c1)(c1ccccc1)c1ccccc1)c1ccc2ccccc2c1. The van der Waals surface area contributed by atoms with Gasteiger partial charge in [0.15, 0.2) is 0 Å². The fourth-order valence-electron chi connectivity index (χ4n) is 4.76. The Bertz CT molecular complexity index is 1840. The predicted molar refractivity (Wildman–Crippen MR) is 161 cm³/mol. The van der Waals surface area contributed by atoms with Gasteiger partial charge in [-0.3, -0.25) is 9.59 Å². The quantitative estimate of drug-likeness (QED) is 0.240. The second kappa shape index (κ2) is 10.5. The molecule has 2 amide bonds. The molecule has 0 aliphatic carbocycles. The molecule has 0 radical (unpaired) electrons. The number of hydrogen-bond donors (Lipinski definition) is 1. The molecule has 39 heavy (non-hydrogen) atoms. The molecule has 0 atom stereocenters.